The van der Waals surface area contributed by atoms with E-state index in [1.165, 1.54) is 36.3 Å². The summed E-state index contributed by atoms with van der Waals surface area (Å²) in [6.45, 7) is 1.12. The molecule has 1 aliphatic heterocycles. The summed E-state index contributed by atoms with van der Waals surface area (Å²) in [5.74, 6) is -1.36. The maximum atomic E-state index is 13.3. The molecular formula is C21H17Cl3N6O5. The smallest absolute Gasteiger partial charge is 0.355 e. The Labute approximate surface area is 213 Å². The number of anilines is 1. The maximum absolute atomic E-state index is 13.3. The Morgan fingerprint density at radius 1 is 1.06 bits per heavy atom. The van der Waals surface area contributed by atoms with Gasteiger partial charge in [-0.15, -0.1) is 5.10 Å². The predicted octanol–water partition coefficient (Wildman–Crippen LogP) is 3.98. The van der Waals surface area contributed by atoms with Gasteiger partial charge in [0.2, 0.25) is 0 Å². The molecule has 3 heterocycles. The quantitative estimate of drug-likeness (QED) is 0.358. The first-order valence-corrected chi connectivity index (χ1v) is 11.3. The van der Waals surface area contributed by atoms with Gasteiger partial charge in [-0.2, -0.15) is 0 Å². The number of amides is 3. The molecular weight excluding hydrogens is 523 g/mol. The van der Waals surface area contributed by atoms with Crippen LogP contribution in [0.15, 0.2) is 36.5 Å². The molecule has 1 fully saturated rings. The van der Waals surface area contributed by atoms with Crippen LogP contribution in [0.3, 0.4) is 0 Å². The second kappa shape index (κ2) is 10.4. The Bertz CT molecular complexity index is 1310. The average Bonchev–Trinajstić information content (AvgIpc) is 3.22. The van der Waals surface area contributed by atoms with Gasteiger partial charge in [0.15, 0.2) is 5.82 Å². The third kappa shape index (κ3) is 5.26. The van der Waals surface area contributed by atoms with E-state index >= 15 is 0 Å². The van der Waals surface area contributed by atoms with Crippen molar-refractivity contribution in [2.75, 3.05) is 25.5 Å². The van der Waals surface area contributed by atoms with E-state index in [0.29, 0.717) is 13.1 Å². The van der Waals surface area contributed by atoms with Gasteiger partial charge < -0.3 is 15.5 Å². The molecule has 14 heteroatoms. The molecule has 2 aromatic heterocycles. The number of likely N-dealkylation sites (tertiary alicyclic amines) is 1. The lowest BCUT2D eigenvalue weighted by Crippen LogP contribution is -2.42. The van der Waals surface area contributed by atoms with Gasteiger partial charge in [0, 0.05) is 37.4 Å². The Kier molecular flexibility index (Phi) is 7.29. The van der Waals surface area contributed by atoms with Crippen molar-refractivity contribution in [2.24, 2.45) is 0 Å². The largest absolute Gasteiger partial charge is 0.452 e. The fraction of sp³-hybridized carbons (Fsp3) is 0.190. The molecule has 3 aromatic rings. The van der Waals surface area contributed by atoms with Crippen molar-refractivity contribution in [3.8, 4) is 11.7 Å². The van der Waals surface area contributed by atoms with E-state index in [0.717, 1.165) is 11.1 Å². The zero-order valence-electron chi connectivity index (χ0n) is 18.0. The number of carbonyl (C=O) groups is 3. The van der Waals surface area contributed by atoms with Crippen molar-refractivity contribution < 1.29 is 24.2 Å². The lowest BCUT2D eigenvalue weighted by Gasteiger charge is -2.28. The van der Waals surface area contributed by atoms with Gasteiger partial charge in [0.25, 0.3) is 17.7 Å². The van der Waals surface area contributed by atoms with Gasteiger partial charge in [-0.1, -0.05) is 34.8 Å². The monoisotopic (exact) mass is 538 g/mol. The van der Waals surface area contributed by atoms with Crippen molar-refractivity contribution in [2.45, 2.75) is 6.42 Å². The Morgan fingerprint density at radius 2 is 1.83 bits per heavy atom. The molecule has 4 rings (SSSR count). The van der Waals surface area contributed by atoms with Crippen molar-refractivity contribution in [3.05, 3.63) is 62.9 Å². The predicted molar refractivity (Wildman–Crippen MR) is 127 cm³/mol. The molecule has 0 unspecified atom stereocenters. The van der Waals surface area contributed by atoms with E-state index in [1.54, 1.807) is 12.1 Å². The summed E-state index contributed by atoms with van der Waals surface area (Å²) < 4.78 is 1.11. The molecule has 1 aromatic carbocycles. The van der Waals surface area contributed by atoms with Crippen molar-refractivity contribution in [3.63, 3.8) is 0 Å². The van der Waals surface area contributed by atoms with E-state index in [2.05, 4.69) is 20.7 Å². The number of carbonyl (C=O) groups excluding carboxylic acids is 3. The summed E-state index contributed by atoms with van der Waals surface area (Å²) in [5.41, 5.74) is -0.0401. The molecule has 1 aliphatic rings. The highest BCUT2D eigenvalue weighted by molar-refractivity contribution is 6.38. The molecule has 3 amide bonds. The van der Waals surface area contributed by atoms with E-state index in [1.807, 2.05) is 0 Å². The van der Waals surface area contributed by atoms with Gasteiger partial charge in [-0.05, 0) is 30.7 Å². The number of benzene rings is 1. The Hall–Kier alpha value is -3.54. The number of hydrogen-bond donors (Lipinski definition) is 2. The summed E-state index contributed by atoms with van der Waals surface area (Å²) in [5, 5.41) is 9.62. The highest BCUT2D eigenvalue weighted by Crippen LogP contribution is 2.31. The number of rotatable bonds is 6. The summed E-state index contributed by atoms with van der Waals surface area (Å²) in [6, 6.07) is 7.11. The van der Waals surface area contributed by atoms with Crippen LogP contribution in [-0.4, -0.2) is 57.7 Å². The molecule has 0 radical (unpaired) electrons. The van der Waals surface area contributed by atoms with Crippen molar-refractivity contribution in [1.29, 1.82) is 0 Å². The van der Waals surface area contributed by atoms with Gasteiger partial charge in [0.05, 0.1) is 21.3 Å². The van der Waals surface area contributed by atoms with Crippen LogP contribution in [0.5, 0.6) is 5.88 Å². The van der Waals surface area contributed by atoms with Crippen LogP contribution < -0.4 is 15.5 Å². The maximum Gasteiger partial charge on any atom is 0.452 e. The topological polar surface area (TPSA) is 128 Å². The number of nitrogens with one attached hydrogen (secondary N) is 2. The third-order valence-electron chi connectivity index (χ3n) is 4.94. The minimum Gasteiger partial charge on any atom is -0.355 e. The fourth-order valence-corrected chi connectivity index (χ4v) is 3.82. The molecule has 0 aliphatic carbocycles. The van der Waals surface area contributed by atoms with Gasteiger partial charge in [-0.3, -0.25) is 14.5 Å². The van der Waals surface area contributed by atoms with Gasteiger partial charge >= 0.3 is 6.09 Å². The van der Waals surface area contributed by atoms with Crippen LogP contribution >= 0.6 is 34.8 Å². The van der Waals surface area contributed by atoms with E-state index < -0.39 is 17.9 Å². The molecule has 2 N–H and O–H groups in total. The Morgan fingerprint density at radius 3 is 2.49 bits per heavy atom. The number of nitrogens with zero attached hydrogens (tertiary/aromatic N) is 4. The van der Waals surface area contributed by atoms with E-state index in [-0.39, 0.29) is 43.7 Å². The minimum absolute atomic E-state index is 0.0203. The van der Waals surface area contributed by atoms with Crippen LogP contribution in [0.4, 0.5) is 10.5 Å². The average molecular weight is 540 g/mol. The molecule has 0 bridgehead atoms. The van der Waals surface area contributed by atoms with Crippen LogP contribution in [0.2, 0.25) is 15.1 Å². The van der Waals surface area contributed by atoms with E-state index in [4.69, 9.17) is 44.6 Å². The fourth-order valence-electron chi connectivity index (χ4n) is 3.08. The lowest BCUT2D eigenvalue weighted by atomic mass is 10.1. The first-order valence-electron chi connectivity index (χ1n) is 10.2. The molecule has 0 atom stereocenters. The summed E-state index contributed by atoms with van der Waals surface area (Å²) in [6.07, 6.45) is 1.64. The minimum atomic E-state index is -0.738. The first kappa shape index (κ1) is 24.6. The van der Waals surface area contributed by atoms with Gasteiger partial charge in [0.1, 0.15) is 5.69 Å². The molecule has 35 heavy (non-hydrogen) atoms. The van der Waals surface area contributed by atoms with Crippen molar-refractivity contribution >= 4 is 58.4 Å². The Balaban J connectivity index is 1.68. The second-order valence-corrected chi connectivity index (χ2v) is 8.46. The first-order chi connectivity index (χ1) is 16.8. The number of halogens is 3. The second-order valence-electron chi connectivity index (χ2n) is 7.21. The molecule has 0 saturated carbocycles. The zero-order valence-corrected chi connectivity index (χ0v) is 20.3. The third-order valence-corrected chi connectivity index (χ3v) is 5.75. The van der Waals surface area contributed by atoms with Crippen LogP contribution in [0, 0.1) is 0 Å². The highest BCUT2D eigenvalue weighted by atomic mass is 35.5. The molecule has 1 saturated heterocycles. The molecule has 182 valence electrons. The van der Waals surface area contributed by atoms with Crippen LogP contribution in [0.1, 0.15) is 27.3 Å². The number of hydrogen-bond acceptors (Lipinski definition) is 7. The highest BCUT2D eigenvalue weighted by Gasteiger charge is 2.26. The summed E-state index contributed by atoms with van der Waals surface area (Å²) in [4.78, 5) is 53.0. The zero-order chi connectivity index (χ0) is 25.1. The summed E-state index contributed by atoms with van der Waals surface area (Å²) >= 11 is 18.5. The lowest BCUT2D eigenvalue weighted by molar-refractivity contribution is -0.161. The van der Waals surface area contributed by atoms with E-state index in [9.17, 15) is 14.4 Å². The SMILES string of the molecule is CNC(=O)c1cc(Cl)cc(Cl)c1NC(=O)c1cc(OOC(=O)N2CCC2)nn1-c1ncccc1Cl. The standard InChI is InChI=1S/C21H17Cl3N6O5/c1-25-19(31)12-8-11(22)9-14(24)17(12)27-20(32)15-10-16(34-35-21(33)29-6-3-7-29)28-30(15)18-13(23)4-2-5-26-18/h2,4-5,8-10H,3,6-7H2,1H3,(H,25,31)(H,27,32). The van der Waals surface area contributed by atoms with Crippen LogP contribution in [-0.2, 0) is 4.89 Å². The molecule has 11 nitrogen and oxygen atoms in total. The molecule has 0 spiro atoms. The van der Waals surface area contributed by atoms with Crippen molar-refractivity contribution in [1.82, 2.24) is 25.0 Å². The van der Waals surface area contributed by atoms with Crippen LogP contribution in [0.25, 0.3) is 5.82 Å². The number of pyridine rings is 1. The van der Waals surface area contributed by atoms with Gasteiger partial charge in [-0.25, -0.2) is 19.3 Å². The number of aromatic nitrogens is 3. The normalized spacial score (nSPS) is 12.5. The summed E-state index contributed by atoms with van der Waals surface area (Å²) in [7, 11) is 1.42.